The first-order valence-corrected chi connectivity index (χ1v) is 8.68. The monoisotopic (exact) mass is 332 g/mol. The quantitative estimate of drug-likeness (QED) is 0.208. The topological polar surface area (TPSA) is 133 Å². The van der Waals surface area contributed by atoms with Crippen molar-refractivity contribution < 1.29 is 29.4 Å². The number of carbonyl (C=O) groups is 4. The lowest BCUT2D eigenvalue weighted by atomic mass is 10.6. The second-order valence-electron chi connectivity index (χ2n) is 2.34. The van der Waals surface area contributed by atoms with E-state index in [0.717, 1.165) is 43.5 Å². The first kappa shape index (κ1) is 17.3. The maximum Gasteiger partial charge on any atom is 0.320 e. The lowest BCUT2D eigenvalue weighted by Gasteiger charge is -2.02. The van der Waals surface area contributed by atoms with Gasteiger partial charge in [-0.2, -0.15) is 0 Å². The van der Waals surface area contributed by atoms with Crippen molar-refractivity contribution in [1.29, 1.82) is 0 Å². The molecule has 0 aromatic heterocycles. The van der Waals surface area contributed by atoms with Crippen LogP contribution in [-0.4, -0.2) is 45.5 Å². The van der Waals surface area contributed by atoms with Crippen molar-refractivity contribution in [2.24, 2.45) is 0 Å². The van der Waals surface area contributed by atoms with Gasteiger partial charge in [0.2, 0.25) is 0 Å². The Morgan fingerprint density at radius 1 is 0.778 bits per heavy atom. The van der Waals surface area contributed by atoms with E-state index in [1.54, 1.807) is 0 Å². The standard InChI is InChI=1S/C6H8N2O6S4/c9-3(10)1-15-17-7-5(13)6(14)8-18-16-2-4(11)12/h1-2H2,(H,7,13)(H,8,14)(H,9,10)(H,11,12). The Hall–Kier alpha value is -0.720. The lowest BCUT2D eigenvalue weighted by molar-refractivity contribution is -0.136. The Balaban J connectivity index is 3.60. The molecule has 0 atom stereocenters. The SMILES string of the molecule is O=C(O)CSSNC(=O)C(=O)NSSCC(=O)O. The van der Waals surface area contributed by atoms with Gasteiger partial charge in [-0.25, -0.2) is 0 Å². The zero-order valence-electron chi connectivity index (χ0n) is 8.57. The van der Waals surface area contributed by atoms with Crippen LogP contribution in [0, 0.1) is 0 Å². The molecule has 2 amide bonds. The van der Waals surface area contributed by atoms with Crippen LogP contribution in [0.25, 0.3) is 0 Å². The molecule has 0 saturated carbocycles. The zero-order chi connectivity index (χ0) is 14.0. The molecule has 0 radical (unpaired) electrons. The van der Waals surface area contributed by atoms with Crippen molar-refractivity contribution in [3.63, 3.8) is 0 Å². The summed E-state index contributed by atoms with van der Waals surface area (Å²) in [4.78, 5) is 42.4. The average molecular weight is 332 g/mol. The van der Waals surface area contributed by atoms with E-state index in [2.05, 4.69) is 9.44 Å². The van der Waals surface area contributed by atoms with Gasteiger partial charge in [-0.15, -0.1) is 0 Å². The molecule has 18 heavy (non-hydrogen) atoms. The molecule has 0 aliphatic rings. The van der Waals surface area contributed by atoms with Crippen LogP contribution in [0.15, 0.2) is 0 Å². The third-order valence-electron chi connectivity index (χ3n) is 0.958. The summed E-state index contributed by atoms with van der Waals surface area (Å²) in [7, 11) is 3.16. The third kappa shape index (κ3) is 10.4. The highest BCUT2D eigenvalue weighted by atomic mass is 33.1. The number of rotatable bonds is 8. The van der Waals surface area contributed by atoms with Gasteiger partial charge >= 0.3 is 23.8 Å². The Kier molecular flexibility index (Phi) is 9.82. The number of amides is 2. The van der Waals surface area contributed by atoms with Crippen molar-refractivity contribution in [3.05, 3.63) is 0 Å². The number of carboxylic acids is 2. The number of nitrogens with one attached hydrogen (secondary N) is 2. The summed E-state index contributed by atoms with van der Waals surface area (Å²) in [5, 5.41) is 16.6. The third-order valence-corrected chi connectivity index (χ3v) is 4.37. The molecular formula is C6H8N2O6S4. The predicted molar refractivity (Wildman–Crippen MR) is 71.7 cm³/mol. The Bertz CT molecular complexity index is 306. The highest BCUT2D eigenvalue weighted by Gasteiger charge is 2.13. The Morgan fingerprint density at radius 2 is 1.11 bits per heavy atom. The molecule has 4 N–H and O–H groups in total. The minimum Gasteiger partial charge on any atom is -0.481 e. The van der Waals surface area contributed by atoms with Gasteiger partial charge in [0.15, 0.2) is 0 Å². The molecule has 0 rings (SSSR count). The van der Waals surface area contributed by atoms with Gasteiger partial charge in [0.25, 0.3) is 0 Å². The van der Waals surface area contributed by atoms with Crippen molar-refractivity contribution >= 4 is 67.3 Å². The van der Waals surface area contributed by atoms with Crippen molar-refractivity contribution in [2.75, 3.05) is 11.5 Å². The summed E-state index contributed by atoms with van der Waals surface area (Å²) >= 11 is 0. The number of carboxylic acid groups (broad SMARTS) is 2. The maximum atomic E-state index is 11.1. The number of carbonyl (C=O) groups excluding carboxylic acids is 2. The molecule has 0 fully saturated rings. The van der Waals surface area contributed by atoms with Crippen LogP contribution in [0.4, 0.5) is 0 Å². The second-order valence-corrected chi connectivity index (χ2v) is 6.55. The number of aliphatic carboxylic acids is 2. The normalized spacial score (nSPS) is 9.56. The van der Waals surface area contributed by atoms with Crippen LogP contribution in [0.2, 0.25) is 0 Å². The summed E-state index contributed by atoms with van der Waals surface area (Å²) < 4.78 is 4.23. The summed E-state index contributed by atoms with van der Waals surface area (Å²) in [5.41, 5.74) is 0. The van der Waals surface area contributed by atoms with E-state index in [1.807, 2.05) is 0 Å². The molecule has 102 valence electrons. The minimum atomic E-state index is -1.04. The molecule has 0 bridgehead atoms. The first-order valence-electron chi connectivity index (χ1n) is 4.04. The molecule has 0 aliphatic carbocycles. The molecule has 0 saturated heterocycles. The fraction of sp³-hybridized carbons (Fsp3) is 0.333. The second kappa shape index (κ2) is 10.2. The fourth-order valence-electron chi connectivity index (χ4n) is 0.387. The fourth-order valence-corrected chi connectivity index (χ4v) is 2.93. The number of hydrogen-bond donors (Lipinski definition) is 4. The van der Waals surface area contributed by atoms with Crippen LogP contribution >= 0.6 is 43.5 Å². The van der Waals surface area contributed by atoms with E-state index in [4.69, 9.17) is 10.2 Å². The van der Waals surface area contributed by atoms with Crippen LogP contribution in [-0.2, 0) is 19.2 Å². The van der Waals surface area contributed by atoms with Gasteiger partial charge in [-0.3, -0.25) is 28.6 Å². The first-order chi connectivity index (χ1) is 8.43. The van der Waals surface area contributed by atoms with Gasteiger partial charge in [0.05, 0.1) is 0 Å². The van der Waals surface area contributed by atoms with Crippen LogP contribution < -0.4 is 9.44 Å². The summed E-state index contributed by atoms with van der Waals surface area (Å²) in [6.45, 7) is 0. The van der Waals surface area contributed by atoms with Gasteiger partial charge in [0.1, 0.15) is 11.5 Å². The highest BCUT2D eigenvalue weighted by Crippen LogP contribution is 2.17. The maximum absolute atomic E-state index is 11.1. The van der Waals surface area contributed by atoms with E-state index in [9.17, 15) is 19.2 Å². The smallest absolute Gasteiger partial charge is 0.320 e. The molecule has 12 heteroatoms. The van der Waals surface area contributed by atoms with Crippen LogP contribution in [0.5, 0.6) is 0 Å². The van der Waals surface area contributed by atoms with Crippen molar-refractivity contribution in [1.82, 2.24) is 9.44 Å². The Morgan fingerprint density at radius 3 is 1.39 bits per heavy atom. The van der Waals surface area contributed by atoms with E-state index in [-0.39, 0.29) is 11.5 Å². The van der Waals surface area contributed by atoms with E-state index in [0.29, 0.717) is 0 Å². The summed E-state index contributed by atoms with van der Waals surface area (Å²) in [6, 6.07) is 0. The summed E-state index contributed by atoms with van der Waals surface area (Å²) in [6.07, 6.45) is 0. The number of hydrogen-bond acceptors (Lipinski definition) is 8. The molecule has 0 unspecified atom stereocenters. The van der Waals surface area contributed by atoms with Crippen molar-refractivity contribution in [2.45, 2.75) is 0 Å². The van der Waals surface area contributed by atoms with Gasteiger partial charge < -0.3 is 10.2 Å². The molecular weight excluding hydrogens is 324 g/mol. The molecule has 0 aromatic carbocycles. The molecule has 0 aromatic rings. The largest absolute Gasteiger partial charge is 0.481 e. The molecule has 0 spiro atoms. The lowest BCUT2D eigenvalue weighted by Crippen LogP contribution is -2.33. The predicted octanol–water partition coefficient (Wildman–Crippen LogP) is -0.0192. The Labute approximate surface area is 117 Å². The minimum absolute atomic E-state index is 0.213. The van der Waals surface area contributed by atoms with Crippen molar-refractivity contribution in [3.8, 4) is 0 Å². The molecule has 8 nitrogen and oxygen atoms in total. The molecule has 0 aliphatic heterocycles. The van der Waals surface area contributed by atoms with Gasteiger partial charge in [-0.05, 0) is 0 Å². The van der Waals surface area contributed by atoms with Gasteiger partial charge in [0, 0.05) is 22.0 Å². The van der Waals surface area contributed by atoms with E-state index in [1.165, 1.54) is 0 Å². The zero-order valence-corrected chi connectivity index (χ0v) is 11.8. The van der Waals surface area contributed by atoms with Gasteiger partial charge in [-0.1, -0.05) is 21.6 Å². The van der Waals surface area contributed by atoms with Crippen LogP contribution in [0.1, 0.15) is 0 Å². The average Bonchev–Trinajstić information content (AvgIpc) is 2.29. The van der Waals surface area contributed by atoms with E-state index < -0.39 is 23.8 Å². The molecule has 0 heterocycles. The van der Waals surface area contributed by atoms with E-state index >= 15 is 0 Å². The highest BCUT2D eigenvalue weighted by molar-refractivity contribution is 8.76. The summed E-state index contributed by atoms with van der Waals surface area (Å²) in [5.74, 6) is -4.38. The van der Waals surface area contributed by atoms with Crippen LogP contribution in [0.3, 0.4) is 0 Å².